The van der Waals surface area contributed by atoms with Gasteiger partial charge in [0, 0.05) is 26.2 Å². The van der Waals surface area contributed by atoms with Crippen molar-refractivity contribution >= 4 is 39.1 Å². The van der Waals surface area contributed by atoms with Crippen molar-refractivity contribution in [2.45, 2.75) is 11.3 Å². The number of aromatic hydroxyl groups is 1. The molecule has 2 aromatic rings. The molecule has 0 spiro atoms. The van der Waals surface area contributed by atoms with Gasteiger partial charge in [-0.3, -0.25) is 4.79 Å². The Morgan fingerprint density at radius 3 is 2.26 bits per heavy atom. The zero-order valence-corrected chi connectivity index (χ0v) is 16.6. The zero-order valence-electron chi connectivity index (χ0n) is 14.3. The van der Waals surface area contributed by atoms with Crippen LogP contribution >= 0.6 is 23.2 Å². The molecule has 2 aromatic carbocycles. The van der Waals surface area contributed by atoms with Gasteiger partial charge in [-0.1, -0.05) is 41.4 Å². The van der Waals surface area contributed by atoms with E-state index in [1.54, 1.807) is 23.1 Å². The van der Waals surface area contributed by atoms with E-state index >= 15 is 0 Å². The molecule has 0 aliphatic carbocycles. The number of amides is 1. The third-order valence-electron chi connectivity index (χ3n) is 4.42. The summed E-state index contributed by atoms with van der Waals surface area (Å²) >= 11 is 12.0. The maximum absolute atomic E-state index is 12.8. The zero-order chi connectivity index (χ0) is 19.6. The number of rotatable bonds is 4. The number of hydrogen-bond acceptors (Lipinski definition) is 4. The van der Waals surface area contributed by atoms with Gasteiger partial charge >= 0.3 is 0 Å². The summed E-state index contributed by atoms with van der Waals surface area (Å²) in [5.74, 6) is 0.0585. The summed E-state index contributed by atoms with van der Waals surface area (Å²) in [6, 6.07) is 10.9. The van der Waals surface area contributed by atoms with E-state index in [-0.39, 0.29) is 46.1 Å². The highest BCUT2D eigenvalue weighted by molar-refractivity contribution is 7.89. The minimum absolute atomic E-state index is 0.00463. The van der Waals surface area contributed by atoms with E-state index in [9.17, 15) is 18.3 Å². The first-order chi connectivity index (χ1) is 12.8. The molecular weight excluding hydrogens is 411 g/mol. The predicted molar refractivity (Wildman–Crippen MR) is 104 cm³/mol. The van der Waals surface area contributed by atoms with Gasteiger partial charge in [0.25, 0.3) is 0 Å². The minimum atomic E-state index is -3.78. The molecule has 0 unspecified atom stereocenters. The van der Waals surface area contributed by atoms with Gasteiger partial charge in [-0.2, -0.15) is 4.31 Å². The number of halogens is 2. The van der Waals surface area contributed by atoms with Crippen molar-refractivity contribution in [3.05, 3.63) is 58.1 Å². The SMILES string of the molecule is O=C(Cc1ccc(O)cc1)N1CCN(S(=O)(=O)c2cccc(Cl)c2Cl)CC1. The fraction of sp³-hybridized carbons (Fsp3) is 0.278. The molecule has 0 atom stereocenters. The van der Waals surface area contributed by atoms with Crippen molar-refractivity contribution in [3.8, 4) is 5.75 Å². The van der Waals surface area contributed by atoms with Crippen LogP contribution in [0.4, 0.5) is 0 Å². The van der Waals surface area contributed by atoms with Gasteiger partial charge in [-0.25, -0.2) is 8.42 Å². The molecule has 1 N–H and O–H groups in total. The lowest BCUT2D eigenvalue weighted by Crippen LogP contribution is -2.50. The molecule has 1 heterocycles. The number of hydrogen-bond donors (Lipinski definition) is 1. The maximum Gasteiger partial charge on any atom is 0.244 e. The molecule has 27 heavy (non-hydrogen) atoms. The van der Waals surface area contributed by atoms with Crippen LogP contribution < -0.4 is 0 Å². The fourth-order valence-electron chi connectivity index (χ4n) is 2.90. The molecule has 1 fully saturated rings. The predicted octanol–water partition coefficient (Wildman–Crippen LogP) is 2.77. The lowest BCUT2D eigenvalue weighted by atomic mass is 10.1. The van der Waals surface area contributed by atoms with Crippen molar-refractivity contribution < 1.29 is 18.3 Å². The first-order valence-corrected chi connectivity index (χ1v) is 10.5. The summed E-state index contributed by atoms with van der Waals surface area (Å²) in [7, 11) is -3.78. The topological polar surface area (TPSA) is 77.9 Å². The summed E-state index contributed by atoms with van der Waals surface area (Å²) in [5.41, 5.74) is 0.790. The van der Waals surface area contributed by atoms with Crippen molar-refractivity contribution in [3.63, 3.8) is 0 Å². The van der Waals surface area contributed by atoms with Crippen LogP contribution in [0.1, 0.15) is 5.56 Å². The van der Waals surface area contributed by atoms with Gasteiger partial charge in [-0.15, -0.1) is 0 Å². The molecule has 0 radical (unpaired) electrons. The number of carbonyl (C=O) groups is 1. The third kappa shape index (κ3) is 4.38. The van der Waals surface area contributed by atoms with Gasteiger partial charge in [0.1, 0.15) is 10.6 Å². The summed E-state index contributed by atoms with van der Waals surface area (Å²) in [5, 5.41) is 9.49. The Bertz CT molecular complexity index is 940. The quantitative estimate of drug-likeness (QED) is 0.811. The van der Waals surface area contributed by atoms with E-state index in [2.05, 4.69) is 0 Å². The second kappa shape index (κ2) is 8.06. The van der Waals surface area contributed by atoms with Crippen LogP contribution in [0.5, 0.6) is 5.75 Å². The highest BCUT2D eigenvalue weighted by Crippen LogP contribution is 2.31. The van der Waals surface area contributed by atoms with Crippen molar-refractivity contribution in [1.29, 1.82) is 0 Å². The van der Waals surface area contributed by atoms with Crippen LogP contribution in [0.15, 0.2) is 47.4 Å². The molecule has 144 valence electrons. The van der Waals surface area contributed by atoms with Gasteiger partial charge in [0.2, 0.25) is 15.9 Å². The minimum Gasteiger partial charge on any atom is -0.508 e. The first kappa shape index (κ1) is 19.9. The van der Waals surface area contributed by atoms with E-state index in [0.717, 1.165) is 5.56 Å². The monoisotopic (exact) mass is 428 g/mol. The van der Waals surface area contributed by atoms with Crippen molar-refractivity contribution in [1.82, 2.24) is 9.21 Å². The summed E-state index contributed by atoms with van der Waals surface area (Å²) in [6.45, 7) is 0.974. The Labute approximate surface area is 168 Å². The number of carbonyl (C=O) groups excluding carboxylic acids is 1. The third-order valence-corrected chi connectivity index (χ3v) is 7.29. The number of benzene rings is 2. The molecular formula is C18H18Cl2N2O4S. The summed E-state index contributed by atoms with van der Waals surface area (Å²) in [6.07, 6.45) is 0.202. The van der Waals surface area contributed by atoms with E-state index < -0.39 is 10.0 Å². The highest BCUT2D eigenvalue weighted by atomic mass is 35.5. The van der Waals surface area contributed by atoms with Crippen LogP contribution in [0, 0.1) is 0 Å². The van der Waals surface area contributed by atoms with Gasteiger partial charge in [0.05, 0.1) is 16.5 Å². The summed E-state index contributed by atoms with van der Waals surface area (Å²) < 4.78 is 26.9. The molecule has 0 bridgehead atoms. The average Bonchev–Trinajstić information content (AvgIpc) is 2.65. The Morgan fingerprint density at radius 1 is 1.00 bits per heavy atom. The molecule has 6 nitrogen and oxygen atoms in total. The summed E-state index contributed by atoms with van der Waals surface area (Å²) in [4.78, 5) is 14.0. The molecule has 9 heteroatoms. The number of piperazine rings is 1. The van der Waals surface area contributed by atoms with E-state index in [4.69, 9.17) is 23.2 Å². The Hall–Kier alpha value is -1.80. The molecule has 1 amide bonds. The van der Waals surface area contributed by atoms with Gasteiger partial charge in [-0.05, 0) is 29.8 Å². The number of sulfonamides is 1. The lowest BCUT2D eigenvalue weighted by Gasteiger charge is -2.34. The molecule has 1 aliphatic rings. The molecule has 0 saturated carbocycles. The standard InChI is InChI=1S/C18H18Cl2N2O4S/c19-15-2-1-3-16(18(15)20)27(25,26)22-10-8-21(9-11-22)17(24)12-13-4-6-14(23)7-5-13/h1-7,23H,8-12H2. The van der Waals surface area contributed by atoms with Crippen LogP contribution in [-0.2, 0) is 21.2 Å². The Balaban J connectivity index is 1.65. The fourth-order valence-corrected chi connectivity index (χ4v) is 5.06. The largest absolute Gasteiger partial charge is 0.508 e. The first-order valence-electron chi connectivity index (χ1n) is 8.29. The number of phenols is 1. The number of phenolic OH excluding ortho intramolecular Hbond substituents is 1. The molecule has 1 aliphatic heterocycles. The number of nitrogens with zero attached hydrogens (tertiary/aromatic N) is 2. The maximum atomic E-state index is 12.8. The van der Waals surface area contributed by atoms with Gasteiger partial charge < -0.3 is 10.0 Å². The van der Waals surface area contributed by atoms with E-state index in [1.165, 1.54) is 28.6 Å². The molecule has 0 aromatic heterocycles. The van der Waals surface area contributed by atoms with Gasteiger partial charge in [0.15, 0.2) is 0 Å². The normalized spacial score (nSPS) is 15.7. The smallest absolute Gasteiger partial charge is 0.244 e. The van der Waals surface area contributed by atoms with E-state index in [1.807, 2.05) is 0 Å². The lowest BCUT2D eigenvalue weighted by molar-refractivity contribution is -0.131. The molecule has 1 saturated heterocycles. The Morgan fingerprint density at radius 2 is 1.63 bits per heavy atom. The highest BCUT2D eigenvalue weighted by Gasteiger charge is 2.31. The Kier molecular flexibility index (Phi) is 5.95. The van der Waals surface area contributed by atoms with Crippen LogP contribution in [-0.4, -0.2) is 54.8 Å². The van der Waals surface area contributed by atoms with Crippen LogP contribution in [0.25, 0.3) is 0 Å². The average molecular weight is 429 g/mol. The van der Waals surface area contributed by atoms with Crippen molar-refractivity contribution in [2.24, 2.45) is 0 Å². The second-order valence-electron chi connectivity index (χ2n) is 6.18. The van der Waals surface area contributed by atoms with Crippen molar-refractivity contribution in [2.75, 3.05) is 26.2 Å². The van der Waals surface area contributed by atoms with Crippen LogP contribution in [0.2, 0.25) is 10.0 Å². The van der Waals surface area contributed by atoms with Crippen LogP contribution in [0.3, 0.4) is 0 Å². The second-order valence-corrected chi connectivity index (χ2v) is 8.87. The van der Waals surface area contributed by atoms with E-state index in [0.29, 0.717) is 13.1 Å². The molecule has 3 rings (SSSR count).